The summed E-state index contributed by atoms with van der Waals surface area (Å²) in [5, 5.41) is 42.0. The van der Waals surface area contributed by atoms with Crippen LogP contribution in [-0.4, -0.2) is 22.2 Å². The second-order valence-corrected chi connectivity index (χ2v) is 14.0. The van der Waals surface area contributed by atoms with Crippen molar-refractivity contribution in [3.8, 4) is 11.5 Å². The maximum Gasteiger partial charge on any atom is 2.00 e. The molecule has 47 heavy (non-hydrogen) atoms. The minimum absolute atomic E-state index is 0. The van der Waals surface area contributed by atoms with E-state index in [9.17, 15) is 30.0 Å². The maximum absolute atomic E-state index is 11.0. The molecule has 0 radical (unpaired) electrons. The van der Waals surface area contributed by atoms with Crippen molar-refractivity contribution < 1.29 is 49.5 Å². The first-order chi connectivity index (χ1) is 21.8. The van der Waals surface area contributed by atoms with Crippen LogP contribution in [-0.2, 0) is 32.3 Å². The number of hydrogen-bond donors (Lipinski definition) is 2. The van der Waals surface area contributed by atoms with Crippen LogP contribution >= 0.6 is 0 Å². The Morgan fingerprint density at radius 1 is 0.532 bits per heavy atom. The average molecular weight is 704 g/mol. The summed E-state index contributed by atoms with van der Waals surface area (Å²) >= 11 is 0. The van der Waals surface area contributed by atoms with E-state index in [2.05, 4.69) is 27.7 Å². The van der Waals surface area contributed by atoms with Gasteiger partial charge in [-0.1, -0.05) is 130 Å². The Morgan fingerprint density at radius 3 is 1.09 bits per heavy atom. The molecule has 0 heterocycles. The Bertz CT molecular complexity index is 1080. The number of aryl methyl sites for hydroxylation is 4. The summed E-state index contributed by atoms with van der Waals surface area (Å²) in [6.07, 6.45) is 21.2. The average Bonchev–Trinajstić information content (AvgIpc) is 2.98. The fourth-order valence-electron chi connectivity index (χ4n) is 5.90. The Labute approximate surface area is 298 Å². The zero-order chi connectivity index (χ0) is 34.5. The van der Waals surface area contributed by atoms with Crippen molar-refractivity contribution >= 4 is 11.9 Å². The van der Waals surface area contributed by atoms with E-state index in [4.69, 9.17) is 0 Å². The van der Waals surface area contributed by atoms with Crippen molar-refractivity contribution in [2.45, 2.75) is 157 Å². The fourth-order valence-corrected chi connectivity index (χ4v) is 5.90. The number of aromatic hydroxyl groups is 2. The molecule has 0 saturated heterocycles. The summed E-state index contributed by atoms with van der Waals surface area (Å²) < 4.78 is 0. The van der Waals surface area contributed by atoms with E-state index >= 15 is 0 Å². The van der Waals surface area contributed by atoms with Crippen molar-refractivity contribution in [1.29, 1.82) is 0 Å². The number of carboxylic acid groups (broad SMARTS) is 2. The van der Waals surface area contributed by atoms with Gasteiger partial charge in [-0.2, -0.15) is 0 Å². The molecule has 2 rings (SSSR count). The minimum Gasteiger partial charge on any atom is -0.545 e. The van der Waals surface area contributed by atoms with Crippen LogP contribution in [0.15, 0.2) is 24.3 Å². The smallest absolute Gasteiger partial charge is 0.545 e. The molecule has 0 aromatic heterocycles. The van der Waals surface area contributed by atoms with Crippen molar-refractivity contribution in [1.82, 2.24) is 0 Å². The van der Waals surface area contributed by atoms with Gasteiger partial charge in [-0.3, -0.25) is 0 Å². The van der Waals surface area contributed by atoms with E-state index in [-0.39, 0.29) is 42.1 Å². The molecule has 2 aromatic rings. The summed E-state index contributed by atoms with van der Waals surface area (Å²) in [5.41, 5.74) is 2.96. The Morgan fingerprint density at radius 2 is 0.809 bits per heavy atom. The monoisotopic (exact) mass is 702 g/mol. The number of benzene rings is 2. The Balaban J connectivity index is 0.000000882. The summed E-state index contributed by atoms with van der Waals surface area (Å²) in [6.45, 7) is 12.8. The third kappa shape index (κ3) is 19.9. The van der Waals surface area contributed by atoms with Gasteiger partial charge >= 0.3 is 19.5 Å². The maximum atomic E-state index is 11.0. The number of phenols is 2. The molecular formula is C40H62O6Zn. The number of unbranched alkanes of at least 4 members (excludes halogenated alkanes) is 12. The van der Waals surface area contributed by atoms with Crippen LogP contribution in [0.2, 0.25) is 0 Å². The van der Waals surface area contributed by atoms with Crippen molar-refractivity contribution in [2.75, 3.05) is 0 Å². The van der Waals surface area contributed by atoms with Crippen molar-refractivity contribution in [3.05, 3.63) is 57.6 Å². The summed E-state index contributed by atoms with van der Waals surface area (Å²) in [5.74, 6) is -1.25. The van der Waals surface area contributed by atoms with Crippen LogP contribution in [0.1, 0.15) is 173 Å². The van der Waals surface area contributed by atoms with E-state index in [1.807, 2.05) is 26.0 Å². The number of aromatic carboxylic acids is 2. The van der Waals surface area contributed by atoms with Crippen LogP contribution in [0.4, 0.5) is 0 Å². The molecule has 260 valence electrons. The van der Waals surface area contributed by atoms with Crippen molar-refractivity contribution in [2.24, 2.45) is 11.8 Å². The number of carboxylic acids is 2. The Hall–Kier alpha value is -2.40. The van der Waals surface area contributed by atoms with E-state index in [1.54, 1.807) is 0 Å². The molecule has 0 aliphatic rings. The van der Waals surface area contributed by atoms with Crippen LogP contribution in [0.3, 0.4) is 0 Å². The van der Waals surface area contributed by atoms with Gasteiger partial charge in [0.1, 0.15) is 11.5 Å². The number of carbonyl (C=O) groups excluding carboxylic acids is 2. The summed E-state index contributed by atoms with van der Waals surface area (Å²) in [7, 11) is 0. The predicted molar refractivity (Wildman–Crippen MR) is 185 cm³/mol. The molecule has 6 nitrogen and oxygen atoms in total. The molecular weight excluding hydrogens is 642 g/mol. The molecule has 7 heteroatoms. The van der Waals surface area contributed by atoms with Gasteiger partial charge < -0.3 is 30.0 Å². The van der Waals surface area contributed by atoms with E-state index in [0.717, 1.165) is 72.6 Å². The third-order valence-electron chi connectivity index (χ3n) is 8.56. The van der Waals surface area contributed by atoms with Gasteiger partial charge in [0, 0.05) is 11.1 Å². The molecule has 2 N–H and O–H groups in total. The zero-order valence-corrected chi connectivity index (χ0v) is 33.4. The molecule has 0 atom stereocenters. The standard InChI is InChI=1S/2C20H32O3.Zn/c2*1-15(2)11-9-7-5-4-6-8-10-12-17-13-16(3)14-18(19(17)21)20(22)23;/h2*13-15,21H,4-12H2,1-3H3,(H,22,23);/q;;+2/p-2. The molecule has 0 aliphatic heterocycles. The van der Waals surface area contributed by atoms with Crippen LogP contribution in [0.25, 0.3) is 0 Å². The van der Waals surface area contributed by atoms with Crippen LogP contribution < -0.4 is 10.2 Å². The third-order valence-corrected chi connectivity index (χ3v) is 8.56. The van der Waals surface area contributed by atoms with Crippen LogP contribution in [0.5, 0.6) is 11.5 Å². The molecule has 0 aliphatic carbocycles. The first kappa shape index (κ1) is 44.6. The molecule has 0 fully saturated rings. The van der Waals surface area contributed by atoms with Crippen LogP contribution in [0, 0.1) is 25.7 Å². The van der Waals surface area contributed by atoms with Gasteiger partial charge in [0.15, 0.2) is 0 Å². The quantitative estimate of drug-likeness (QED) is 0.0935. The van der Waals surface area contributed by atoms with E-state index in [1.165, 1.54) is 89.2 Å². The topological polar surface area (TPSA) is 121 Å². The van der Waals surface area contributed by atoms with Gasteiger partial charge in [0.2, 0.25) is 0 Å². The van der Waals surface area contributed by atoms with Crippen molar-refractivity contribution in [3.63, 3.8) is 0 Å². The van der Waals surface area contributed by atoms with Gasteiger partial charge in [-0.15, -0.1) is 0 Å². The van der Waals surface area contributed by atoms with Gasteiger partial charge in [-0.05, 0) is 85.8 Å². The second-order valence-electron chi connectivity index (χ2n) is 14.0. The summed E-state index contributed by atoms with van der Waals surface area (Å²) in [4.78, 5) is 22.0. The number of carbonyl (C=O) groups is 2. The minimum atomic E-state index is -1.31. The van der Waals surface area contributed by atoms with Gasteiger partial charge in [0.25, 0.3) is 0 Å². The normalized spacial score (nSPS) is 10.9. The molecule has 0 bridgehead atoms. The molecule has 0 unspecified atom stereocenters. The fraction of sp³-hybridized carbons (Fsp3) is 0.650. The molecule has 2 aromatic carbocycles. The van der Waals surface area contributed by atoms with Gasteiger partial charge in [0.05, 0.1) is 11.9 Å². The zero-order valence-electron chi connectivity index (χ0n) is 30.4. The number of hydrogen-bond acceptors (Lipinski definition) is 6. The summed E-state index contributed by atoms with van der Waals surface area (Å²) in [6, 6.07) is 6.66. The molecule has 0 spiro atoms. The van der Waals surface area contributed by atoms with Gasteiger partial charge in [-0.25, -0.2) is 0 Å². The first-order valence-corrected chi connectivity index (χ1v) is 17.9. The number of rotatable bonds is 22. The van der Waals surface area contributed by atoms with E-state index < -0.39 is 11.9 Å². The Kier molecular flexibility index (Phi) is 24.3. The first-order valence-electron chi connectivity index (χ1n) is 17.9. The second kappa shape index (κ2) is 25.6. The molecule has 0 saturated carbocycles. The SMILES string of the molecule is Cc1cc(CCCCCCCCCC(C)C)c(O)c(C(=O)[O-])c1.Cc1cc(CCCCCCCCCC(C)C)c(O)c(C(=O)[O-])c1.[Zn+2]. The largest absolute Gasteiger partial charge is 2.00 e. The predicted octanol–water partition coefficient (Wildman–Crippen LogP) is 8.76. The molecule has 0 amide bonds. The van der Waals surface area contributed by atoms with E-state index in [0.29, 0.717) is 0 Å².